The van der Waals surface area contributed by atoms with Crippen molar-refractivity contribution < 1.29 is 17.7 Å². The molecule has 0 aliphatic carbocycles. The highest BCUT2D eigenvalue weighted by Crippen LogP contribution is 2.29. The zero-order valence-electron chi connectivity index (χ0n) is 16.1. The topological polar surface area (TPSA) is 105 Å². The fourth-order valence-corrected chi connectivity index (χ4v) is 4.50. The Morgan fingerprint density at radius 3 is 2.73 bits per heavy atom. The van der Waals surface area contributed by atoms with Crippen LogP contribution in [0.1, 0.15) is 24.8 Å². The molecule has 8 nitrogen and oxygen atoms in total. The number of amides is 1. The number of carbonyl (C=O) groups excluding carboxylic acids is 1. The third kappa shape index (κ3) is 4.23. The number of rotatable bonds is 5. The van der Waals surface area contributed by atoms with Crippen molar-refractivity contribution in [1.82, 2.24) is 14.9 Å². The van der Waals surface area contributed by atoms with Crippen molar-refractivity contribution in [3.63, 3.8) is 0 Å². The van der Waals surface area contributed by atoms with Crippen LogP contribution >= 0.6 is 11.6 Å². The molecular weight excluding hydrogens is 428 g/mol. The number of nitrogens with zero attached hydrogens (tertiary/aromatic N) is 3. The molecule has 0 bridgehead atoms. The lowest BCUT2D eigenvalue weighted by molar-refractivity contribution is -0.116. The van der Waals surface area contributed by atoms with Crippen LogP contribution in [0, 0.1) is 0 Å². The molecule has 1 aliphatic rings. The maximum Gasteiger partial charge on any atom is 0.242 e. The number of aryl methyl sites for hydroxylation is 1. The number of sulfonamides is 1. The predicted molar refractivity (Wildman–Crippen MR) is 112 cm³/mol. The second-order valence-electron chi connectivity index (χ2n) is 6.91. The summed E-state index contributed by atoms with van der Waals surface area (Å²) < 4.78 is 33.1. The van der Waals surface area contributed by atoms with E-state index in [-0.39, 0.29) is 23.2 Å². The molecule has 30 heavy (non-hydrogen) atoms. The van der Waals surface area contributed by atoms with Crippen LogP contribution in [0.3, 0.4) is 0 Å². The van der Waals surface area contributed by atoms with E-state index in [1.165, 1.54) is 13.0 Å². The molecule has 2 heterocycles. The number of carbonyl (C=O) groups is 1. The number of halogens is 1. The first-order valence-electron chi connectivity index (χ1n) is 9.33. The average molecular weight is 447 g/mol. The highest BCUT2D eigenvalue weighted by molar-refractivity contribution is 7.89. The summed E-state index contributed by atoms with van der Waals surface area (Å²) >= 11 is 5.87. The smallest absolute Gasteiger partial charge is 0.242 e. The summed E-state index contributed by atoms with van der Waals surface area (Å²) in [5, 5.41) is 4.46. The Kier molecular flexibility index (Phi) is 5.59. The quantitative estimate of drug-likeness (QED) is 0.645. The second kappa shape index (κ2) is 8.17. The fraction of sp³-hybridized carbons (Fsp3) is 0.250. The van der Waals surface area contributed by atoms with Crippen molar-refractivity contribution in [2.45, 2.75) is 31.2 Å². The van der Waals surface area contributed by atoms with Crippen LogP contribution in [0.4, 0.5) is 5.69 Å². The highest BCUT2D eigenvalue weighted by atomic mass is 35.5. The van der Waals surface area contributed by atoms with E-state index in [9.17, 15) is 13.2 Å². The summed E-state index contributed by atoms with van der Waals surface area (Å²) in [6, 6.07) is 11.7. The normalized spacial score (nSPS) is 13.9. The van der Waals surface area contributed by atoms with Gasteiger partial charge in [-0.15, -0.1) is 0 Å². The summed E-state index contributed by atoms with van der Waals surface area (Å²) in [5.41, 5.74) is 2.31. The summed E-state index contributed by atoms with van der Waals surface area (Å²) in [6.45, 7) is 2.00. The molecule has 1 amide bonds. The van der Waals surface area contributed by atoms with Gasteiger partial charge in [-0.25, -0.2) is 13.1 Å². The lowest BCUT2D eigenvalue weighted by atomic mass is 10.0. The summed E-state index contributed by atoms with van der Waals surface area (Å²) in [7, 11) is -3.79. The van der Waals surface area contributed by atoms with Crippen LogP contribution in [-0.4, -0.2) is 31.0 Å². The molecule has 10 heteroatoms. The third-order valence-electron chi connectivity index (χ3n) is 4.84. The number of hydrogen-bond acceptors (Lipinski definition) is 6. The van der Waals surface area contributed by atoms with Crippen molar-refractivity contribution in [2.75, 3.05) is 11.4 Å². The van der Waals surface area contributed by atoms with Gasteiger partial charge in [0.2, 0.25) is 27.6 Å². The van der Waals surface area contributed by atoms with Gasteiger partial charge in [-0.1, -0.05) is 16.8 Å². The van der Waals surface area contributed by atoms with Crippen molar-refractivity contribution in [1.29, 1.82) is 0 Å². The summed E-state index contributed by atoms with van der Waals surface area (Å²) in [6.07, 6.45) is 1.51. The van der Waals surface area contributed by atoms with E-state index in [2.05, 4.69) is 14.9 Å². The van der Waals surface area contributed by atoms with E-state index >= 15 is 0 Å². The van der Waals surface area contributed by atoms with Crippen molar-refractivity contribution >= 4 is 33.2 Å². The van der Waals surface area contributed by atoms with E-state index in [4.69, 9.17) is 16.1 Å². The van der Waals surface area contributed by atoms with Gasteiger partial charge in [-0.05, 0) is 60.9 Å². The lowest BCUT2D eigenvalue weighted by Gasteiger charge is -2.28. The van der Waals surface area contributed by atoms with Gasteiger partial charge in [-0.3, -0.25) is 4.79 Å². The van der Waals surface area contributed by atoms with Gasteiger partial charge >= 0.3 is 0 Å². The molecule has 0 spiro atoms. The van der Waals surface area contributed by atoms with Crippen LogP contribution in [-0.2, 0) is 27.8 Å². The molecule has 0 fully saturated rings. The fourth-order valence-electron chi connectivity index (χ4n) is 3.35. The Morgan fingerprint density at radius 1 is 1.23 bits per heavy atom. The maximum absolute atomic E-state index is 12.7. The molecule has 0 radical (unpaired) electrons. The Hall–Kier alpha value is -2.75. The molecule has 0 saturated carbocycles. The first-order valence-corrected chi connectivity index (χ1v) is 11.2. The van der Waals surface area contributed by atoms with Gasteiger partial charge in [0.1, 0.15) is 0 Å². The molecule has 0 atom stereocenters. The van der Waals surface area contributed by atoms with Gasteiger partial charge in [-0.2, -0.15) is 4.98 Å². The number of nitrogens with one attached hydrogen (secondary N) is 1. The monoisotopic (exact) mass is 446 g/mol. The van der Waals surface area contributed by atoms with E-state index < -0.39 is 10.0 Å². The number of fused-ring (bicyclic) bond motifs is 1. The van der Waals surface area contributed by atoms with E-state index in [0.717, 1.165) is 24.1 Å². The van der Waals surface area contributed by atoms with Gasteiger partial charge in [0, 0.05) is 29.7 Å². The Balaban J connectivity index is 1.49. The van der Waals surface area contributed by atoms with Crippen LogP contribution < -0.4 is 9.62 Å². The van der Waals surface area contributed by atoms with Gasteiger partial charge in [0.25, 0.3) is 0 Å². The zero-order chi connectivity index (χ0) is 21.3. The summed E-state index contributed by atoms with van der Waals surface area (Å²) in [4.78, 5) is 17.8. The highest BCUT2D eigenvalue weighted by Gasteiger charge is 2.23. The number of aromatic nitrogens is 2. The minimum Gasteiger partial charge on any atom is -0.338 e. The lowest BCUT2D eigenvalue weighted by Crippen LogP contribution is -2.33. The second-order valence-corrected chi connectivity index (χ2v) is 9.11. The zero-order valence-corrected chi connectivity index (χ0v) is 17.7. The molecule has 156 valence electrons. The first-order chi connectivity index (χ1) is 14.3. The van der Waals surface area contributed by atoms with Crippen molar-refractivity contribution in [3.05, 3.63) is 58.9 Å². The van der Waals surface area contributed by atoms with E-state index in [0.29, 0.717) is 23.0 Å². The van der Waals surface area contributed by atoms with Crippen molar-refractivity contribution in [3.8, 4) is 11.4 Å². The van der Waals surface area contributed by atoms with Gasteiger partial charge in [0.05, 0.1) is 11.4 Å². The third-order valence-corrected chi connectivity index (χ3v) is 6.49. The molecule has 0 unspecified atom stereocenters. The Morgan fingerprint density at radius 2 is 2.00 bits per heavy atom. The van der Waals surface area contributed by atoms with Gasteiger partial charge < -0.3 is 9.42 Å². The van der Waals surface area contributed by atoms with Gasteiger partial charge in [0.15, 0.2) is 0 Å². The largest absolute Gasteiger partial charge is 0.338 e. The molecule has 0 saturated heterocycles. The number of benzene rings is 2. The maximum atomic E-state index is 12.7. The van der Waals surface area contributed by atoms with Crippen molar-refractivity contribution in [2.24, 2.45) is 0 Å². The van der Waals surface area contributed by atoms with E-state index in [1.54, 1.807) is 41.3 Å². The molecule has 1 aliphatic heterocycles. The van der Waals surface area contributed by atoms with Crippen LogP contribution in [0.25, 0.3) is 11.4 Å². The minimum atomic E-state index is -3.79. The first kappa shape index (κ1) is 20.5. The Bertz CT molecular complexity index is 1190. The Labute approximate surface area is 178 Å². The predicted octanol–water partition coefficient (Wildman–Crippen LogP) is 3.17. The number of anilines is 1. The summed E-state index contributed by atoms with van der Waals surface area (Å²) in [5.74, 6) is 0.431. The van der Waals surface area contributed by atoms with E-state index in [1.807, 2.05) is 0 Å². The SMILES string of the molecule is CC(=O)N1CCCc2cc(S(=O)(=O)NCc3nc(-c4ccc(Cl)cc4)no3)ccc21. The number of hydrogen-bond donors (Lipinski definition) is 1. The molecule has 1 N–H and O–H groups in total. The molecule has 3 aromatic rings. The van der Waals surface area contributed by atoms with Crippen LogP contribution in [0.5, 0.6) is 0 Å². The van der Waals surface area contributed by atoms with Crippen LogP contribution in [0.2, 0.25) is 5.02 Å². The molecule has 4 rings (SSSR count). The molecule has 2 aromatic carbocycles. The average Bonchev–Trinajstić information content (AvgIpc) is 3.21. The standard InChI is InChI=1S/C20H19ClN4O4S/c1-13(26)25-10-2-3-15-11-17(8-9-18(15)25)30(27,28)22-12-19-23-20(24-29-19)14-4-6-16(21)7-5-14/h4-9,11,22H,2-3,10,12H2,1H3. The minimum absolute atomic E-state index is 0.0578. The molecule has 1 aromatic heterocycles. The molecular formula is C20H19ClN4O4S. The van der Waals surface area contributed by atoms with Crippen LogP contribution in [0.15, 0.2) is 51.9 Å².